The molecule has 0 fully saturated rings. The lowest BCUT2D eigenvalue weighted by Gasteiger charge is -2.18. The molecule has 28 heavy (non-hydrogen) atoms. The molecule has 0 unspecified atom stereocenters. The van der Waals surface area contributed by atoms with Gasteiger partial charge in [-0.2, -0.15) is 18.3 Å². The summed E-state index contributed by atoms with van der Waals surface area (Å²) in [6.45, 7) is 5.88. The van der Waals surface area contributed by atoms with Crippen molar-refractivity contribution in [2.45, 2.75) is 32.5 Å². The predicted octanol–water partition coefficient (Wildman–Crippen LogP) is 5.08. The van der Waals surface area contributed by atoms with Crippen LogP contribution in [0.2, 0.25) is 0 Å². The first kappa shape index (κ1) is 19.6. The molecule has 0 spiro atoms. The molecule has 0 aliphatic carbocycles. The van der Waals surface area contributed by atoms with E-state index in [1.54, 1.807) is 35.1 Å². The molecule has 0 radical (unpaired) electrons. The van der Waals surface area contributed by atoms with Crippen LogP contribution in [0.5, 0.6) is 11.6 Å². The largest absolute Gasteiger partial charge is 0.438 e. The maximum atomic E-state index is 12.9. The summed E-state index contributed by atoms with van der Waals surface area (Å²) in [5.41, 5.74) is -0.513. The van der Waals surface area contributed by atoms with Crippen LogP contribution in [-0.4, -0.2) is 20.5 Å². The number of ketones is 1. The van der Waals surface area contributed by atoms with Gasteiger partial charge in [0.05, 0.1) is 28.4 Å². The van der Waals surface area contributed by atoms with Crippen LogP contribution in [0.15, 0.2) is 55.0 Å². The summed E-state index contributed by atoms with van der Waals surface area (Å²) in [4.78, 5) is 16.6. The number of para-hydroxylation sites is 1. The second-order valence-corrected chi connectivity index (χ2v) is 7.15. The third-order valence-electron chi connectivity index (χ3n) is 3.94. The summed E-state index contributed by atoms with van der Waals surface area (Å²) in [5.74, 6) is -0.153. The van der Waals surface area contributed by atoms with Crippen LogP contribution < -0.4 is 4.74 Å². The van der Waals surface area contributed by atoms with Crippen LogP contribution >= 0.6 is 0 Å². The Kier molecular flexibility index (Phi) is 4.97. The number of pyridine rings is 1. The summed E-state index contributed by atoms with van der Waals surface area (Å²) in [6.07, 6.45) is -0.671. The number of alkyl halides is 3. The van der Waals surface area contributed by atoms with E-state index >= 15 is 0 Å². The quantitative estimate of drug-likeness (QED) is 0.584. The van der Waals surface area contributed by atoms with Crippen molar-refractivity contribution in [2.24, 2.45) is 0 Å². The first-order chi connectivity index (χ1) is 13.1. The molecule has 0 aliphatic heterocycles. The number of rotatable bonds is 4. The first-order valence-electron chi connectivity index (χ1n) is 8.46. The van der Waals surface area contributed by atoms with Crippen LogP contribution in [0.4, 0.5) is 13.2 Å². The van der Waals surface area contributed by atoms with Gasteiger partial charge < -0.3 is 4.74 Å². The van der Waals surface area contributed by atoms with Crippen LogP contribution in [0.25, 0.3) is 0 Å². The molecule has 1 aromatic carbocycles. The van der Waals surface area contributed by atoms with Crippen LogP contribution in [-0.2, 0) is 11.7 Å². The Morgan fingerprint density at radius 2 is 1.75 bits per heavy atom. The molecular weight excluding hydrogens is 371 g/mol. The third kappa shape index (κ3) is 4.21. The number of hydrogen-bond acceptors (Lipinski definition) is 4. The van der Waals surface area contributed by atoms with Crippen molar-refractivity contribution in [3.05, 3.63) is 71.7 Å². The monoisotopic (exact) mass is 389 g/mol. The minimum absolute atomic E-state index is 0.0429. The molecule has 2 aromatic heterocycles. The van der Waals surface area contributed by atoms with Gasteiger partial charge in [0.15, 0.2) is 5.78 Å². The predicted molar refractivity (Wildman–Crippen MR) is 96.4 cm³/mol. The summed E-state index contributed by atoms with van der Waals surface area (Å²) >= 11 is 0. The summed E-state index contributed by atoms with van der Waals surface area (Å²) in [7, 11) is 0. The zero-order valence-corrected chi connectivity index (χ0v) is 15.5. The smallest absolute Gasteiger partial charge is 0.417 e. The van der Waals surface area contributed by atoms with Gasteiger partial charge in [-0.3, -0.25) is 9.48 Å². The van der Waals surface area contributed by atoms with Gasteiger partial charge in [0.2, 0.25) is 5.88 Å². The number of carbonyl (C=O) groups excluding carboxylic acids is 1. The number of ether oxygens (including phenoxy) is 1. The van der Waals surface area contributed by atoms with Crippen LogP contribution in [0, 0.1) is 0 Å². The van der Waals surface area contributed by atoms with E-state index in [0.717, 1.165) is 12.1 Å². The van der Waals surface area contributed by atoms with Gasteiger partial charge in [-0.1, -0.05) is 12.1 Å². The lowest BCUT2D eigenvalue weighted by Crippen LogP contribution is -2.22. The van der Waals surface area contributed by atoms with Crippen molar-refractivity contribution < 1.29 is 22.7 Å². The Morgan fingerprint density at radius 1 is 1.04 bits per heavy atom. The second-order valence-electron chi connectivity index (χ2n) is 7.15. The van der Waals surface area contributed by atoms with E-state index in [-0.39, 0.29) is 28.5 Å². The molecule has 0 bridgehead atoms. The minimum Gasteiger partial charge on any atom is -0.438 e. The Balaban J connectivity index is 1.87. The van der Waals surface area contributed by atoms with Crippen molar-refractivity contribution in [1.82, 2.24) is 14.8 Å². The highest BCUT2D eigenvalue weighted by Crippen LogP contribution is 2.31. The van der Waals surface area contributed by atoms with Gasteiger partial charge >= 0.3 is 6.18 Å². The first-order valence-corrected chi connectivity index (χ1v) is 8.46. The summed E-state index contributed by atoms with van der Waals surface area (Å²) in [6, 6.07) is 8.46. The van der Waals surface area contributed by atoms with Gasteiger partial charge in [0.1, 0.15) is 5.75 Å². The van der Waals surface area contributed by atoms with Crippen LogP contribution in [0.3, 0.4) is 0 Å². The Hall–Kier alpha value is -3.16. The highest BCUT2D eigenvalue weighted by molar-refractivity contribution is 6.10. The van der Waals surface area contributed by atoms with E-state index in [0.29, 0.717) is 11.8 Å². The Bertz CT molecular complexity index is 987. The number of halogens is 3. The van der Waals surface area contributed by atoms with E-state index in [2.05, 4.69) is 10.1 Å². The van der Waals surface area contributed by atoms with Crippen LogP contribution in [0.1, 0.15) is 42.3 Å². The summed E-state index contributed by atoms with van der Waals surface area (Å²) in [5, 5.41) is 4.22. The standard InChI is InChI=1S/C20H18F3N3O2/c1-19(2,3)26-12-13(10-25-26)18(27)15-6-4-5-7-16(15)28-17-9-8-14(11-24-17)20(21,22)23/h4-12H,1-3H3. The Labute approximate surface area is 159 Å². The minimum atomic E-state index is -4.48. The zero-order chi connectivity index (χ0) is 20.5. The number of aromatic nitrogens is 3. The lowest BCUT2D eigenvalue weighted by atomic mass is 10.1. The zero-order valence-electron chi connectivity index (χ0n) is 15.5. The van der Waals surface area contributed by atoms with E-state index in [9.17, 15) is 18.0 Å². The van der Waals surface area contributed by atoms with Gasteiger partial charge in [0, 0.05) is 18.5 Å². The van der Waals surface area contributed by atoms with Crippen molar-refractivity contribution in [2.75, 3.05) is 0 Å². The average Bonchev–Trinajstić information content (AvgIpc) is 3.12. The highest BCUT2D eigenvalue weighted by atomic mass is 19.4. The molecule has 2 heterocycles. The van der Waals surface area contributed by atoms with Gasteiger partial charge in [0.25, 0.3) is 0 Å². The maximum absolute atomic E-state index is 12.9. The number of nitrogens with zero attached hydrogens (tertiary/aromatic N) is 3. The number of benzene rings is 1. The van der Waals surface area contributed by atoms with Gasteiger partial charge in [-0.15, -0.1) is 0 Å². The van der Waals surface area contributed by atoms with E-state index in [1.807, 2.05) is 20.8 Å². The summed E-state index contributed by atoms with van der Waals surface area (Å²) < 4.78 is 45.2. The number of carbonyl (C=O) groups is 1. The van der Waals surface area contributed by atoms with E-state index < -0.39 is 11.7 Å². The fourth-order valence-electron chi connectivity index (χ4n) is 2.43. The van der Waals surface area contributed by atoms with Crippen molar-refractivity contribution >= 4 is 5.78 Å². The number of hydrogen-bond donors (Lipinski definition) is 0. The molecule has 0 amide bonds. The highest BCUT2D eigenvalue weighted by Gasteiger charge is 2.30. The average molecular weight is 389 g/mol. The maximum Gasteiger partial charge on any atom is 0.417 e. The topological polar surface area (TPSA) is 57.0 Å². The lowest BCUT2D eigenvalue weighted by molar-refractivity contribution is -0.137. The SMILES string of the molecule is CC(C)(C)n1cc(C(=O)c2ccccc2Oc2ccc(C(F)(F)F)cn2)cn1. The molecule has 8 heteroatoms. The van der Waals surface area contributed by atoms with Crippen molar-refractivity contribution in [3.8, 4) is 11.6 Å². The fourth-order valence-corrected chi connectivity index (χ4v) is 2.43. The fraction of sp³-hybridized carbons (Fsp3) is 0.250. The molecule has 146 valence electrons. The Morgan fingerprint density at radius 3 is 2.32 bits per heavy atom. The second kappa shape index (κ2) is 7.10. The van der Waals surface area contributed by atoms with E-state index in [1.165, 1.54) is 6.20 Å². The molecule has 3 aromatic rings. The molecule has 0 saturated heterocycles. The molecule has 0 aliphatic rings. The van der Waals surface area contributed by atoms with Crippen molar-refractivity contribution in [3.63, 3.8) is 0 Å². The molecule has 3 rings (SSSR count). The third-order valence-corrected chi connectivity index (χ3v) is 3.94. The normalized spacial score (nSPS) is 12.1. The molecule has 0 atom stereocenters. The molecule has 0 saturated carbocycles. The van der Waals surface area contributed by atoms with Crippen molar-refractivity contribution in [1.29, 1.82) is 0 Å². The van der Waals surface area contributed by atoms with E-state index in [4.69, 9.17) is 4.74 Å². The van der Waals surface area contributed by atoms with Gasteiger partial charge in [-0.25, -0.2) is 4.98 Å². The van der Waals surface area contributed by atoms with Gasteiger partial charge in [-0.05, 0) is 39.0 Å². The molecule has 5 nitrogen and oxygen atoms in total. The molecule has 0 N–H and O–H groups in total. The molecular formula is C20H18F3N3O2.